The molecule has 3 N–H and O–H groups in total. The van der Waals surface area contributed by atoms with E-state index in [9.17, 15) is 9.90 Å². The zero-order chi connectivity index (χ0) is 19.0. The van der Waals surface area contributed by atoms with E-state index in [-0.39, 0.29) is 6.04 Å². The second-order valence-electron chi connectivity index (χ2n) is 6.78. The molecule has 0 saturated carbocycles. The molecule has 2 unspecified atom stereocenters. The van der Waals surface area contributed by atoms with Gasteiger partial charge in [-0.25, -0.2) is 9.97 Å². The second-order valence-corrected chi connectivity index (χ2v) is 7.18. The van der Waals surface area contributed by atoms with Gasteiger partial charge in [-0.2, -0.15) is 0 Å². The maximum Gasteiger partial charge on any atom is 0.320 e. The van der Waals surface area contributed by atoms with Crippen molar-refractivity contribution in [2.24, 2.45) is 0 Å². The number of benzene rings is 1. The molecule has 4 rings (SSSR count). The minimum Gasteiger partial charge on any atom is -0.480 e. The Bertz CT molecular complexity index is 989. The summed E-state index contributed by atoms with van der Waals surface area (Å²) in [7, 11) is 0. The summed E-state index contributed by atoms with van der Waals surface area (Å²) in [5.41, 5.74) is 2.61. The molecule has 27 heavy (non-hydrogen) atoms. The van der Waals surface area contributed by atoms with Crippen LogP contribution in [0.25, 0.3) is 22.2 Å². The number of para-hydroxylation sites is 1. The number of anilines is 1. The van der Waals surface area contributed by atoms with Crippen molar-refractivity contribution in [1.29, 1.82) is 0 Å². The van der Waals surface area contributed by atoms with Crippen LogP contribution in [0.2, 0.25) is 5.02 Å². The number of nitrogens with zero attached hydrogens (tertiary/aromatic N) is 3. The number of carboxylic acid groups (broad SMARTS) is 1. The number of halogens is 1. The van der Waals surface area contributed by atoms with Crippen molar-refractivity contribution in [3.8, 4) is 11.3 Å². The fourth-order valence-electron chi connectivity index (χ4n) is 3.49. The maximum absolute atomic E-state index is 11.2. The zero-order valence-corrected chi connectivity index (χ0v) is 15.6. The molecule has 2 atom stereocenters. The number of aliphatic carboxylic acids is 1. The van der Waals surface area contributed by atoms with Gasteiger partial charge >= 0.3 is 5.97 Å². The van der Waals surface area contributed by atoms with Crippen LogP contribution in [-0.2, 0) is 4.79 Å². The number of carbonyl (C=O) groups is 1. The van der Waals surface area contributed by atoms with E-state index in [1.165, 1.54) is 0 Å². The summed E-state index contributed by atoms with van der Waals surface area (Å²) < 4.78 is 0. The van der Waals surface area contributed by atoms with Gasteiger partial charge < -0.3 is 15.4 Å². The number of rotatable bonds is 5. The molecule has 3 aromatic rings. The van der Waals surface area contributed by atoms with E-state index >= 15 is 0 Å². The van der Waals surface area contributed by atoms with Crippen LogP contribution in [0, 0.1) is 0 Å². The first-order valence-electron chi connectivity index (χ1n) is 8.85. The van der Waals surface area contributed by atoms with Crippen LogP contribution >= 0.6 is 11.6 Å². The van der Waals surface area contributed by atoms with E-state index in [2.05, 4.69) is 20.3 Å². The van der Waals surface area contributed by atoms with Gasteiger partial charge in [-0.05, 0) is 19.4 Å². The number of nitrogens with one attached hydrogen (secondary N) is 2. The molecule has 7 nitrogen and oxygen atoms in total. The van der Waals surface area contributed by atoms with Gasteiger partial charge in [0, 0.05) is 41.8 Å². The molecule has 1 aromatic carbocycles. The van der Waals surface area contributed by atoms with Crippen molar-refractivity contribution in [3.63, 3.8) is 0 Å². The average molecular weight is 386 g/mol. The van der Waals surface area contributed by atoms with Crippen LogP contribution in [0.15, 0.2) is 36.7 Å². The Kier molecular flexibility index (Phi) is 4.72. The molecule has 2 aromatic heterocycles. The number of hydrogen-bond acceptors (Lipinski definition) is 5. The van der Waals surface area contributed by atoms with Crippen molar-refractivity contribution in [2.45, 2.75) is 25.4 Å². The van der Waals surface area contributed by atoms with E-state index in [0.29, 0.717) is 23.2 Å². The normalized spacial score (nSPS) is 18.7. The lowest BCUT2D eigenvalue weighted by atomic mass is 10.1. The summed E-state index contributed by atoms with van der Waals surface area (Å²) in [6.45, 7) is 3.08. The summed E-state index contributed by atoms with van der Waals surface area (Å²) in [5, 5.41) is 14.0. The highest BCUT2D eigenvalue weighted by atomic mass is 35.5. The largest absolute Gasteiger partial charge is 0.480 e. The molecular formula is C19H20ClN5O2. The molecular weight excluding hydrogens is 366 g/mol. The highest BCUT2D eigenvalue weighted by Gasteiger charge is 2.29. The molecule has 1 aliphatic rings. The Hall–Kier alpha value is -2.64. The van der Waals surface area contributed by atoms with Gasteiger partial charge in [0.25, 0.3) is 0 Å². The number of fused-ring (bicyclic) bond motifs is 1. The molecule has 0 bridgehead atoms. The van der Waals surface area contributed by atoms with E-state index in [1.807, 2.05) is 35.4 Å². The molecule has 0 amide bonds. The van der Waals surface area contributed by atoms with E-state index in [4.69, 9.17) is 11.6 Å². The third-order valence-corrected chi connectivity index (χ3v) is 5.32. The van der Waals surface area contributed by atoms with Crippen molar-refractivity contribution >= 4 is 34.4 Å². The molecule has 8 heteroatoms. The Morgan fingerprint density at radius 1 is 1.44 bits per heavy atom. The van der Waals surface area contributed by atoms with Crippen LogP contribution in [0.4, 0.5) is 5.95 Å². The van der Waals surface area contributed by atoms with Crippen molar-refractivity contribution < 1.29 is 9.90 Å². The van der Waals surface area contributed by atoms with E-state index in [1.54, 1.807) is 13.1 Å². The summed E-state index contributed by atoms with van der Waals surface area (Å²) in [4.78, 5) is 25.3. The third kappa shape index (κ3) is 3.48. The number of likely N-dealkylation sites (tertiary alicyclic amines) is 1. The van der Waals surface area contributed by atoms with Crippen LogP contribution in [-0.4, -0.2) is 56.1 Å². The predicted molar refractivity (Wildman–Crippen MR) is 105 cm³/mol. The number of aromatic amines is 1. The first kappa shape index (κ1) is 17.8. The maximum atomic E-state index is 11.2. The lowest BCUT2D eigenvalue weighted by molar-refractivity contribution is -0.142. The van der Waals surface area contributed by atoms with Crippen molar-refractivity contribution in [2.75, 3.05) is 18.4 Å². The molecule has 1 aliphatic heterocycles. The second kappa shape index (κ2) is 7.17. The van der Waals surface area contributed by atoms with Gasteiger partial charge in [0.05, 0.1) is 16.9 Å². The summed E-state index contributed by atoms with van der Waals surface area (Å²) in [6.07, 6.45) is 4.33. The Balaban J connectivity index is 1.56. The van der Waals surface area contributed by atoms with E-state index in [0.717, 1.165) is 29.4 Å². The molecule has 140 valence electrons. The van der Waals surface area contributed by atoms with Crippen LogP contribution in [0.5, 0.6) is 0 Å². The first-order valence-corrected chi connectivity index (χ1v) is 9.23. The lowest BCUT2D eigenvalue weighted by Gasteiger charge is -2.20. The SMILES string of the molecule is CC(C(=O)O)N1CCC(Nc2ncc(Cl)c(-c3c[nH]c4ccccc34)n2)C1. The molecule has 3 heterocycles. The van der Waals surface area contributed by atoms with Crippen LogP contribution in [0.1, 0.15) is 13.3 Å². The quantitative estimate of drug-likeness (QED) is 0.624. The minimum absolute atomic E-state index is 0.101. The van der Waals surface area contributed by atoms with Gasteiger partial charge in [-0.1, -0.05) is 29.8 Å². The average Bonchev–Trinajstić information content (AvgIpc) is 3.29. The van der Waals surface area contributed by atoms with Crippen LogP contribution < -0.4 is 5.32 Å². The van der Waals surface area contributed by atoms with Gasteiger partial charge in [0.2, 0.25) is 5.95 Å². The molecule has 0 spiro atoms. The molecule has 0 radical (unpaired) electrons. The zero-order valence-electron chi connectivity index (χ0n) is 14.8. The number of H-pyrrole nitrogens is 1. The van der Waals surface area contributed by atoms with Crippen molar-refractivity contribution in [1.82, 2.24) is 19.9 Å². The smallest absolute Gasteiger partial charge is 0.320 e. The summed E-state index contributed by atoms with van der Waals surface area (Å²) in [6, 6.07) is 7.58. The molecule has 1 saturated heterocycles. The van der Waals surface area contributed by atoms with Gasteiger partial charge in [0.1, 0.15) is 6.04 Å². The summed E-state index contributed by atoms with van der Waals surface area (Å²) >= 11 is 6.36. The highest BCUT2D eigenvalue weighted by Crippen LogP contribution is 2.32. The number of carboxylic acids is 1. The number of aromatic nitrogens is 3. The topological polar surface area (TPSA) is 94.1 Å². The fraction of sp³-hybridized carbons (Fsp3) is 0.316. The lowest BCUT2D eigenvalue weighted by Crippen LogP contribution is -2.38. The Morgan fingerprint density at radius 2 is 2.26 bits per heavy atom. The summed E-state index contributed by atoms with van der Waals surface area (Å²) in [5.74, 6) is -0.311. The first-order chi connectivity index (χ1) is 13.0. The Labute approximate surface area is 161 Å². The minimum atomic E-state index is -0.806. The standard InChI is InChI=1S/C19H20ClN5O2/c1-11(18(26)27)25-7-6-12(10-25)23-19-22-9-15(20)17(24-19)14-8-21-16-5-3-2-4-13(14)16/h2-5,8-9,11-12,21H,6-7,10H2,1H3,(H,26,27)(H,22,23,24). The Morgan fingerprint density at radius 3 is 3.07 bits per heavy atom. The van der Waals surface area contributed by atoms with Gasteiger partial charge in [-0.15, -0.1) is 0 Å². The van der Waals surface area contributed by atoms with E-state index < -0.39 is 12.0 Å². The fourth-order valence-corrected chi connectivity index (χ4v) is 3.68. The molecule has 0 aliphatic carbocycles. The highest BCUT2D eigenvalue weighted by molar-refractivity contribution is 6.33. The molecule has 1 fully saturated rings. The third-order valence-electron chi connectivity index (χ3n) is 5.05. The monoisotopic (exact) mass is 385 g/mol. The van der Waals surface area contributed by atoms with Crippen LogP contribution in [0.3, 0.4) is 0 Å². The van der Waals surface area contributed by atoms with Gasteiger partial charge in [0.15, 0.2) is 0 Å². The number of hydrogen-bond donors (Lipinski definition) is 3. The van der Waals surface area contributed by atoms with Gasteiger partial charge in [-0.3, -0.25) is 9.69 Å². The van der Waals surface area contributed by atoms with Crippen molar-refractivity contribution in [3.05, 3.63) is 41.7 Å². The predicted octanol–water partition coefficient (Wildman–Crippen LogP) is 3.24.